The van der Waals surface area contributed by atoms with Crippen LogP contribution in [0, 0.1) is 41.5 Å². The van der Waals surface area contributed by atoms with Gasteiger partial charge in [0.05, 0.1) is 27.6 Å². The predicted molar refractivity (Wildman–Crippen MR) is 309 cm³/mol. The topological polar surface area (TPSA) is 283 Å². The Morgan fingerprint density at radius 2 is 0.974 bits per heavy atom. The van der Waals surface area contributed by atoms with Crippen molar-refractivity contribution < 1.29 is 61.2 Å². The summed E-state index contributed by atoms with van der Waals surface area (Å²) in [6, 6.07) is 31.7. The average molecular weight is 1350 g/mol. The molecule has 23 heteroatoms. The van der Waals surface area contributed by atoms with Crippen molar-refractivity contribution in [2.45, 2.75) is 83.1 Å². The first kappa shape index (κ1) is 63.6. The maximum atomic E-state index is 13.0. The maximum Gasteiger partial charge on any atom is 0.414 e. The number of aliphatic carboxylic acids is 4. The Bertz CT molecular complexity index is 3300. The molecule has 17 nitrogen and oxygen atoms in total. The van der Waals surface area contributed by atoms with Crippen LogP contribution in [0.4, 0.5) is 11.4 Å². The van der Waals surface area contributed by atoms with Crippen LogP contribution in [0.1, 0.15) is 67.2 Å². The number of carbonyl (C=O) groups is 5. The Hall–Kier alpha value is -5.95. The molecule has 77 heavy (non-hydrogen) atoms. The number of sulfonamides is 2. The van der Waals surface area contributed by atoms with E-state index in [4.69, 9.17) is 39.6 Å². The van der Waals surface area contributed by atoms with Gasteiger partial charge >= 0.3 is 23.9 Å². The summed E-state index contributed by atoms with van der Waals surface area (Å²) in [5, 5.41) is 36.1. The number of nitrogens with one attached hydrogen (secondary N) is 4. The number of hydrogen-bond donors (Lipinski definition) is 8. The van der Waals surface area contributed by atoms with E-state index < -0.39 is 43.9 Å². The number of benzene rings is 6. The van der Waals surface area contributed by atoms with E-state index in [2.05, 4.69) is 109 Å². The number of carboxylic acid groups (broad SMARTS) is 4. The van der Waals surface area contributed by atoms with Crippen molar-refractivity contribution in [3.8, 4) is 0 Å². The molecule has 8 N–H and O–H groups in total. The number of rotatable bonds is 13. The molecule has 0 spiro atoms. The number of aryl methyl sites for hydroxylation is 4. The summed E-state index contributed by atoms with van der Waals surface area (Å²) in [5.74, 6) is -7.34. The number of anilines is 2. The van der Waals surface area contributed by atoms with Gasteiger partial charge in [0.15, 0.2) is 0 Å². The fraction of sp³-hybridized carbons (Fsp3) is 0.241. The third-order valence-corrected chi connectivity index (χ3v) is 17.7. The minimum absolute atomic E-state index is 0.0446. The second kappa shape index (κ2) is 28.6. The molecule has 0 radical (unpaired) electrons. The molecule has 0 fully saturated rings. The molecule has 1 atom stereocenters. The zero-order chi connectivity index (χ0) is 57.5. The van der Waals surface area contributed by atoms with Gasteiger partial charge < -0.3 is 31.1 Å². The van der Waals surface area contributed by atoms with Crippen LogP contribution in [-0.4, -0.2) is 80.1 Å². The average Bonchev–Trinajstić information content (AvgIpc) is 3.34. The summed E-state index contributed by atoms with van der Waals surface area (Å²) in [5.41, 5.74) is 12.8. The third kappa shape index (κ3) is 19.5. The van der Waals surface area contributed by atoms with E-state index in [9.17, 15) is 21.6 Å². The van der Waals surface area contributed by atoms with Gasteiger partial charge in [-0.1, -0.05) is 117 Å². The van der Waals surface area contributed by atoms with Crippen molar-refractivity contribution >= 4 is 125 Å². The summed E-state index contributed by atoms with van der Waals surface area (Å²) >= 11 is 14.3. The molecular formula is C54H56Br4N4O13S2. The van der Waals surface area contributed by atoms with Crippen molar-refractivity contribution in [1.82, 2.24) is 10.6 Å². The Labute approximate surface area is 480 Å². The second-order valence-corrected chi connectivity index (χ2v) is 24.5. The van der Waals surface area contributed by atoms with Crippen molar-refractivity contribution in [2.75, 3.05) is 22.5 Å². The van der Waals surface area contributed by atoms with Crippen LogP contribution in [0.3, 0.4) is 0 Å². The lowest BCUT2D eigenvalue weighted by Crippen LogP contribution is -2.31. The number of fused-ring (bicyclic) bond motifs is 1. The molecule has 6 aromatic carbocycles. The number of carbonyl (C=O) groups excluding carboxylic acids is 1. The minimum Gasteiger partial charge on any atom is -0.473 e. The highest BCUT2D eigenvalue weighted by Crippen LogP contribution is 2.34. The summed E-state index contributed by atoms with van der Waals surface area (Å²) < 4.78 is 60.8. The largest absolute Gasteiger partial charge is 0.473 e. The van der Waals surface area contributed by atoms with E-state index in [1.165, 1.54) is 16.7 Å². The molecule has 0 saturated heterocycles. The van der Waals surface area contributed by atoms with E-state index in [0.29, 0.717) is 30.8 Å². The van der Waals surface area contributed by atoms with E-state index >= 15 is 0 Å². The summed E-state index contributed by atoms with van der Waals surface area (Å²) in [6.45, 7) is 13.1. The predicted octanol–water partition coefficient (Wildman–Crippen LogP) is 10.5. The Balaban J connectivity index is 0.000000274. The molecule has 1 amide bonds. The van der Waals surface area contributed by atoms with Gasteiger partial charge in [-0.25, -0.2) is 36.0 Å². The van der Waals surface area contributed by atoms with Crippen molar-refractivity contribution in [3.63, 3.8) is 0 Å². The Morgan fingerprint density at radius 1 is 0.545 bits per heavy atom. The first-order chi connectivity index (χ1) is 36.0. The smallest absolute Gasteiger partial charge is 0.414 e. The highest BCUT2D eigenvalue weighted by molar-refractivity contribution is 9.11. The number of hydrogen-bond acceptors (Lipinski definition) is 10. The van der Waals surface area contributed by atoms with Gasteiger partial charge in [0.1, 0.15) is 0 Å². The molecule has 0 bridgehead atoms. The second-order valence-electron chi connectivity index (χ2n) is 17.7. The quantitative estimate of drug-likeness (QED) is 0.0500. The number of halogens is 4. The highest BCUT2D eigenvalue weighted by atomic mass is 79.9. The maximum absolute atomic E-state index is 13.0. The first-order valence-electron chi connectivity index (χ1n) is 23.2. The van der Waals surface area contributed by atoms with Crippen molar-refractivity contribution in [1.29, 1.82) is 0 Å². The summed E-state index contributed by atoms with van der Waals surface area (Å²) in [7, 11) is -7.30. The molecule has 1 heterocycles. The van der Waals surface area contributed by atoms with Crippen LogP contribution in [-0.2, 0) is 69.7 Å². The van der Waals surface area contributed by atoms with Crippen LogP contribution in [0.25, 0.3) is 0 Å². The molecule has 1 aliphatic rings. The number of amides is 1. The normalized spacial score (nSPS) is 12.6. The van der Waals surface area contributed by atoms with Crippen molar-refractivity contribution in [3.05, 3.63) is 182 Å². The monoisotopic (exact) mass is 1350 g/mol. The highest BCUT2D eigenvalue weighted by Gasteiger charge is 2.24. The van der Waals surface area contributed by atoms with Crippen LogP contribution in [0.2, 0.25) is 0 Å². The number of carboxylic acids is 4. The van der Waals surface area contributed by atoms with Gasteiger partial charge in [-0.2, -0.15) is 0 Å². The van der Waals surface area contributed by atoms with Crippen LogP contribution in [0.15, 0.2) is 131 Å². The van der Waals surface area contributed by atoms with Crippen LogP contribution in [0.5, 0.6) is 0 Å². The fourth-order valence-electron chi connectivity index (χ4n) is 7.39. The first-order valence-corrected chi connectivity index (χ1v) is 29.3. The van der Waals surface area contributed by atoms with Gasteiger partial charge in [0, 0.05) is 30.5 Å². The molecule has 7 rings (SSSR count). The molecule has 1 unspecified atom stereocenters. The standard InChI is InChI=1S/C25H26Br2N2O3S.C25H26Br2N2O2S.2C2H2O4/c1-16-4-7-21(8-5-16)33(31,32)29-24-9-6-19(12-17(24)2)10-11-28-25(30)15-20-13-22(26)18(3)23(27)14-20;1-15-4-6-20(7-5-15)32(30,31)29-24-14-21-19(10-16(24)2)8-9-28-25(21)13-18-11-22(26)17(3)23(27)12-18;2*3-1(4)2(5)6/h4-9,12-14,29H,10-11,15H2,1-3H3,(H,28,30);4-7,10-12,14,25,28-29H,8-9,13H2,1-3H3;2*(H,3,4)(H,5,6). The van der Waals surface area contributed by atoms with E-state index in [-0.39, 0.29) is 21.7 Å². The third-order valence-electron chi connectivity index (χ3n) is 11.7. The van der Waals surface area contributed by atoms with Gasteiger partial charge in [0.25, 0.3) is 20.0 Å². The van der Waals surface area contributed by atoms with E-state index in [1.54, 1.807) is 42.5 Å². The lowest BCUT2D eigenvalue weighted by molar-refractivity contribution is -0.159. The molecule has 0 saturated carbocycles. The SMILES string of the molecule is Cc1ccc(S(=O)(=O)Nc2cc3c(cc2C)CCNC3Cc2cc(Br)c(C)c(Br)c2)cc1.Cc1ccc(S(=O)(=O)Nc2ccc(CCNC(=O)Cc3cc(Br)c(C)c(Br)c3)cc2C)cc1.O=C(O)C(=O)O.O=C(O)C(=O)O. The lowest BCUT2D eigenvalue weighted by Gasteiger charge is -2.29. The molecule has 1 aliphatic heterocycles. The fourth-order valence-corrected chi connectivity index (χ4v) is 12.2. The van der Waals surface area contributed by atoms with Crippen LogP contribution < -0.4 is 20.1 Å². The molecular weight excluding hydrogens is 1300 g/mol. The Morgan fingerprint density at radius 3 is 1.42 bits per heavy atom. The van der Waals surface area contributed by atoms with E-state index in [1.807, 2.05) is 77.1 Å². The summed E-state index contributed by atoms with van der Waals surface area (Å²) in [6.07, 6.45) is 2.70. The van der Waals surface area contributed by atoms with Gasteiger partial charge in [0.2, 0.25) is 5.91 Å². The molecule has 0 aromatic heterocycles. The summed E-state index contributed by atoms with van der Waals surface area (Å²) in [4.78, 5) is 49.2. The van der Waals surface area contributed by atoms with Crippen LogP contribution >= 0.6 is 63.7 Å². The Kier molecular flexibility index (Phi) is 23.6. The van der Waals surface area contributed by atoms with Gasteiger partial charge in [-0.15, -0.1) is 0 Å². The van der Waals surface area contributed by atoms with Gasteiger partial charge in [-0.05, 0) is 178 Å². The van der Waals surface area contributed by atoms with Crippen molar-refractivity contribution in [2.24, 2.45) is 0 Å². The minimum atomic E-state index is -3.65. The zero-order valence-electron chi connectivity index (χ0n) is 42.4. The molecule has 410 valence electrons. The van der Waals surface area contributed by atoms with E-state index in [0.717, 1.165) is 81.8 Å². The molecule has 0 aliphatic carbocycles. The van der Waals surface area contributed by atoms with Gasteiger partial charge in [-0.3, -0.25) is 14.2 Å². The lowest BCUT2D eigenvalue weighted by atomic mass is 9.88. The molecule has 6 aromatic rings. The zero-order valence-corrected chi connectivity index (χ0v) is 50.4.